The van der Waals surface area contributed by atoms with Crippen molar-refractivity contribution >= 4 is 17.9 Å². The first-order chi connectivity index (χ1) is 9.21. The van der Waals surface area contributed by atoms with Crippen molar-refractivity contribution in [2.75, 3.05) is 7.11 Å². The molecule has 0 saturated carbocycles. The Hall–Kier alpha value is -2.45. The summed E-state index contributed by atoms with van der Waals surface area (Å²) in [5.74, 6) is -1.23. The second-order valence-corrected chi connectivity index (χ2v) is 5.05. The number of nitrogens with one attached hydrogen (secondary N) is 2. The Kier molecular flexibility index (Phi) is 4.78. The van der Waals surface area contributed by atoms with Gasteiger partial charge in [-0.3, -0.25) is 10.1 Å². The number of hydrogen-bond acceptors (Lipinski definition) is 6. The quantitative estimate of drug-likeness (QED) is 0.735. The Labute approximate surface area is 115 Å². The van der Waals surface area contributed by atoms with Crippen LogP contribution in [-0.4, -0.2) is 45.6 Å². The predicted molar refractivity (Wildman–Crippen MR) is 67.8 cm³/mol. The van der Waals surface area contributed by atoms with E-state index in [1.165, 1.54) is 13.3 Å². The number of hydrogen-bond donors (Lipinski definition) is 2. The highest BCUT2D eigenvalue weighted by atomic mass is 16.5. The lowest BCUT2D eigenvalue weighted by atomic mass is 10.1. The third-order valence-corrected chi connectivity index (χ3v) is 1.98. The normalized spacial score (nSPS) is 10.8. The lowest BCUT2D eigenvalue weighted by Crippen LogP contribution is -2.48. The average molecular weight is 283 g/mol. The van der Waals surface area contributed by atoms with Gasteiger partial charge < -0.3 is 10.1 Å². The smallest absolute Gasteiger partial charge is 0.360 e. The van der Waals surface area contributed by atoms with Crippen molar-refractivity contribution in [2.45, 2.75) is 32.9 Å². The molecule has 0 radical (unpaired) electrons. The lowest BCUT2D eigenvalue weighted by Gasteiger charge is -2.20. The van der Waals surface area contributed by atoms with E-state index in [1.54, 1.807) is 20.8 Å². The monoisotopic (exact) mass is 283 g/mol. The third-order valence-electron chi connectivity index (χ3n) is 1.98. The fraction of sp³-hybridized carbons (Fsp3) is 0.545. The van der Waals surface area contributed by atoms with Gasteiger partial charge in [-0.05, 0) is 20.8 Å². The molecule has 0 fully saturated rings. The van der Waals surface area contributed by atoms with E-state index in [-0.39, 0.29) is 12.2 Å². The molecule has 1 rings (SSSR count). The first kappa shape index (κ1) is 15.6. The zero-order chi connectivity index (χ0) is 15.3. The Balaban J connectivity index is 2.52. The van der Waals surface area contributed by atoms with Gasteiger partial charge in [0, 0.05) is 5.54 Å². The van der Waals surface area contributed by atoms with Crippen molar-refractivity contribution in [3.05, 3.63) is 11.9 Å². The summed E-state index contributed by atoms with van der Waals surface area (Å²) < 4.78 is 5.59. The number of rotatable bonds is 3. The standard InChI is InChI=1S/C11H17N5O4/c1-11(2,3)13-10(19)12-8(17)6-16-5-7(14-15-16)9(18)20-4/h5H,6H2,1-4H3,(H2,12,13,17,19). The largest absolute Gasteiger partial charge is 0.464 e. The SMILES string of the molecule is COC(=O)c1cn(CC(=O)NC(=O)NC(C)(C)C)nn1. The van der Waals surface area contributed by atoms with Crippen molar-refractivity contribution in [3.8, 4) is 0 Å². The van der Waals surface area contributed by atoms with Gasteiger partial charge in [-0.25, -0.2) is 14.3 Å². The molecule has 20 heavy (non-hydrogen) atoms. The summed E-state index contributed by atoms with van der Waals surface area (Å²) in [7, 11) is 1.21. The Morgan fingerprint density at radius 1 is 1.35 bits per heavy atom. The fourth-order valence-corrected chi connectivity index (χ4v) is 1.26. The van der Waals surface area contributed by atoms with Gasteiger partial charge >= 0.3 is 12.0 Å². The first-order valence-corrected chi connectivity index (χ1v) is 5.82. The fourth-order valence-electron chi connectivity index (χ4n) is 1.26. The number of nitrogens with zero attached hydrogens (tertiary/aromatic N) is 3. The molecule has 0 atom stereocenters. The number of ether oxygens (including phenoxy) is 1. The summed E-state index contributed by atoms with van der Waals surface area (Å²) in [6, 6.07) is -0.601. The van der Waals surface area contributed by atoms with Gasteiger partial charge in [0.2, 0.25) is 5.91 Å². The van der Waals surface area contributed by atoms with Gasteiger partial charge in [-0.2, -0.15) is 0 Å². The summed E-state index contributed by atoms with van der Waals surface area (Å²) >= 11 is 0. The van der Waals surface area contributed by atoms with Gasteiger partial charge in [0.05, 0.1) is 13.3 Å². The van der Waals surface area contributed by atoms with Crippen LogP contribution in [0.5, 0.6) is 0 Å². The molecule has 0 aliphatic carbocycles. The summed E-state index contributed by atoms with van der Waals surface area (Å²) in [4.78, 5) is 34.2. The molecule has 0 saturated heterocycles. The minimum atomic E-state index is -0.651. The molecule has 3 amide bonds. The number of amides is 3. The second-order valence-electron chi connectivity index (χ2n) is 5.05. The molecular formula is C11H17N5O4. The number of aromatic nitrogens is 3. The summed E-state index contributed by atoms with van der Waals surface area (Å²) in [5.41, 5.74) is -0.463. The highest BCUT2D eigenvalue weighted by Gasteiger charge is 2.17. The number of esters is 1. The molecular weight excluding hydrogens is 266 g/mol. The summed E-state index contributed by atoms with van der Waals surface area (Å²) in [6.07, 6.45) is 1.26. The van der Waals surface area contributed by atoms with E-state index >= 15 is 0 Å². The molecule has 1 aromatic rings. The minimum Gasteiger partial charge on any atom is -0.464 e. The van der Waals surface area contributed by atoms with E-state index < -0.39 is 23.4 Å². The first-order valence-electron chi connectivity index (χ1n) is 5.82. The van der Waals surface area contributed by atoms with Crippen molar-refractivity contribution in [3.63, 3.8) is 0 Å². The maximum absolute atomic E-state index is 11.6. The van der Waals surface area contributed by atoms with Crippen LogP contribution < -0.4 is 10.6 Å². The zero-order valence-electron chi connectivity index (χ0n) is 11.8. The van der Waals surface area contributed by atoms with Crippen LogP contribution in [0.4, 0.5) is 4.79 Å². The summed E-state index contributed by atoms with van der Waals surface area (Å²) in [6.45, 7) is 5.13. The van der Waals surface area contributed by atoms with Gasteiger partial charge in [0.25, 0.3) is 0 Å². The molecule has 2 N–H and O–H groups in total. The van der Waals surface area contributed by atoms with E-state index in [0.717, 1.165) is 4.68 Å². The Morgan fingerprint density at radius 3 is 2.55 bits per heavy atom. The molecule has 0 aliphatic rings. The number of urea groups is 1. The average Bonchev–Trinajstić information content (AvgIpc) is 2.73. The zero-order valence-corrected chi connectivity index (χ0v) is 11.8. The van der Waals surface area contributed by atoms with Crippen LogP contribution in [0, 0.1) is 0 Å². The Bertz CT molecular complexity index is 517. The van der Waals surface area contributed by atoms with Crippen molar-refractivity contribution in [1.29, 1.82) is 0 Å². The number of carbonyl (C=O) groups excluding carboxylic acids is 3. The molecule has 1 aromatic heterocycles. The maximum Gasteiger partial charge on any atom is 0.360 e. The van der Waals surface area contributed by atoms with Crippen LogP contribution in [0.3, 0.4) is 0 Å². The minimum absolute atomic E-state index is 0.0144. The lowest BCUT2D eigenvalue weighted by molar-refractivity contribution is -0.120. The van der Waals surface area contributed by atoms with Crippen molar-refractivity contribution < 1.29 is 19.1 Å². The van der Waals surface area contributed by atoms with Crippen molar-refractivity contribution in [1.82, 2.24) is 25.6 Å². The van der Waals surface area contributed by atoms with Crippen LogP contribution in [0.25, 0.3) is 0 Å². The summed E-state index contributed by atoms with van der Waals surface area (Å²) in [5, 5.41) is 11.8. The van der Waals surface area contributed by atoms with Crippen LogP contribution in [0.2, 0.25) is 0 Å². The van der Waals surface area contributed by atoms with Crippen LogP contribution in [-0.2, 0) is 16.1 Å². The molecule has 0 bridgehead atoms. The van der Waals surface area contributed by atoms with E-state index in [0.29, 0.717) is 0 Å². The number of carbonyl (C=O) groups is 3. The van der Waals surface area contributed by atoms with Crippen LogP contribution >= 0.6 is 0 Å². The predicted octanol–water partition coefficient (Wildman–Crippen LogP) is -0.311. The van der Waals surface area contributed by atoms with Crippen LogP contribution in [0.15, 0.2) is 6.20 Å². The molecule has 0 spiro atoms. The number of imide groups is 1. The highest BCUT2D eigenvalue weighted by molar-refractivity contribution is 5.94. The van der Waals surface area contributed by atoms with Gasteiger partial charge in [0.15, 0.2) is 5.69 Å². The van der Waals surface area contributed by atoms with Gasteiger partial charge in [-0.15, -0.1) is 5.10 Å². The topological polar surface area (TPSA) is 115 Å². The molecule has 110 valence electrons. The molecule has 0 aromatic carbocycles. The number of methoxy groups -OCH3 is 1. The molecule has 9 heteroatoms. The van der Waals surface area contributed by atoms with E-state index in [2.05, 4.69) is 25.7 Å². The van der Waals surface area contributed by atoms with E-state index in [4.69, 9.17) is 0 Å². The van der Waals surface area contributed by atoms with E-state index in [9.17, 15) is 14.4 Å². The molecule has 1 heterocycles. The maximum atomic E-state index is 11.6. The van der Waals surface area contributed by atoms with E-state index in [1.807, 2.05) is 0 Å². The van der Waals surface area contributed by atoms with Crippen LogP contribution in [0.1, 0.15) is 31.3 Å². The third kappa shape index (κ3) is 5.04. The Morgan fingerprint density at radius 2 is 2.00 bits per heavy atom. The molecule has 9 nitrogen and oxygen atoms in total. The molecule has 0 unspecified atom stereocenters. The second kappa shape index (κ2) is 6.13. The van der Waals surface area contributed by atoms with Gasteiger partial charge in [-0.1, -0.05) is 5.21 Å². The van der Waals surface area contributed by atoms with Gasteiger partial charge in [0.1, 0.15) is 6.54 Å². The van der Waals surface area contributed by atoms with Crippen molar-refractivity contribution in [2.24, 2.45) is 0 Å². The molecule has 0 aliphatic heterocycles. The highest BCUT2D eigenvalue weighted by Crippen LogP contribution is 1.98.